The van der Waals surface area contributed by atoms with E-state index in [1.165, 1.54) is 25.9 Å². The second-order valence-corrected chi connectivity index (χ2v) is 5.06. The first-order chi connectivity index (χ1) is 8.13. The van der Waals surface area contributed by atoms with E-state index >= 15 is 0 Å². The Labute approximate surface area is 105 Å². The number of likely N-dealkylation sites (tertiary alicyclic amines) is 1. The predicted octanol–water partition coefficient (Wildman–Crippen LogP) is 0.975. The van der Waals surface area contributed by atoms with Crippen LogP contribution in [0.4, 0.5) is 0 Å². The molecule has 1 rings (SSSR count). The van der Waals surface area contributed by atoms with Gasteiger partial charge < -0.3 is 10.6 Å². The van der Waals surface area contributed by atoms with Gasteiger partial charge in [0.15, 0.2) is 0 Å². The molecule has 1 amide bonds. The molecule has 1 heterocycles. The molecule has 1 fully saturated rings. The highest BCUT2D eigenvalue weighted by Gasteiger charge is 2.18. The number of carbonyl (C=O) groups excluding carboxylic acids is 1. The molecule has 4 nitrogen and oxygen atoms in total. The van der Waals surface area contributed by atoms with Gasteiger partial charge >= 0.3 is 0 Å². The summed E-state index contributed by atoms with van der Waals surface area (Å²) in [6, 6.07) is 0.734. The summed E-state index contributed by atoms with van der Waals surface area (Å²) in [4.78, 5) is 14.1. The van der Waals surface area contributed by atoms with Gasteiger partial charge in [-0.2, -0.15) is 0 Å². The van der Waals surface area contributed by atoms with Crippen molar-refractivity contribution in [2.45, 2.75) is 52.1 Å². The molecule has 1 aliphatic rings. The number of rotatable bonds is 7. The Morgan fingerprint density at radius 2 is 1.94 bits per heavy atom. The predicted molar refractivity (Wildman–Crippen MR) is 71.0 cm³/mol. The third-order valence-electron chi connectivity index (χ3n) is 3.40. The van der Waals surface area contributed by atoms with Crippen molar-refractivity contribution in [2.75, 3.05) is 26.2 Å². The number of hydrogen-bond donors (Lipinski definition) is 2. The molecule has 0 aromatic carbocycles. The maximum atomic E-state index is 11.7. The van der Waals surface area contributed by atoms with Gasteiger partial charge in [-0.1, -0.05) is 6.92 Å². The third kappa shape index (κ3) is 5.50. The molecule has 0 saturated carbocycles. The van der Waals surface area contributed by atoms with Gasteiger partial charge in [-0.05, 0) is 46.3 Å². The zero-order valence-electron chi connectivity index (χ0n) is 11.5. The number of nitrogens with zero attached hydrogens (tertiary/aromatic N) is 1. The van der Waals surface area contributed by atoms with Crippen molar-refractivity contribution >= 4 is 5.91 Å². The third-order valence-corrected chi connectivity index (χ3v) is 3.40. The Kier molecular flexibility index (Phi) is 6.52. The topological polar surface area (TPSA) is 44.4 Å². The van der Waals surface area contributed by atoms with Crippen molar-refractivity contribution in [2.24, 2.45) is 0 Å². The molecular weight excluding hydrogens is 214 g/mol. The lowest BCUT2D eigenvalue weighted by Gasteiger charge is -2.24. The van der Waals surface area contributed by atoms with Crippen LogP contribution in [0.3, 0.4) is 0 Å². The molecular formula is C13H27N3O. The molecule has 2 unspecified atom stereocenters. The second-order valence-electron chi connectivity index (χ2n) is 5.06. The van der Waals surface area contributed by atoms with Crippen LogP contribution in [0.25, 0.3) is 0 Å². The van der Waals surface area contributed by atoms with E-state index in [1.54, 1.807) is 0 Å². The highest BCUT2D eigenvalue weighted by atomic mass is 16.1. The highest BCUT2D eigenvalue weighted by molar-refractivity contribution is 5.76. The summed E-state index contributed by atoms with van der Waals surface area (Å²) in [5.41, 5.74) is 0. The Hall–Kier alpha value is -0.610. The first kappa shape index (κ1) is 14.5. The number of amides is 1. The molecule has 0 spiro atoms. The highest BCUT2D eigenvalue weighted by Crippen LogP contribution is 2.10. The smallest absolute Gasteiger partial charge is 0.221 e. The fourth-order valence-electron chi connectivity index (χ4n) is 2.34. The number of carbonyl (C=O) groups is 1. The molecule has 0 aromatic heterocycles. The first-order valence-corrected chi connectivity index (χ1v) is 6.87. The molecule has 1 saturated heterocycles. The zero-order valence-corrected chi connectivity index (χ0v) is 11.5. The number of nitrogens with one attached hydrogen (secondary N) is 2. The standard InChI is InChI=1S/C13H27N3O/c1-4-14-11(2)9-13(17)15-10-12(3)16-7-5-6-8-16/h11-12,14H,4-10H2,1-3H3,(H,15,17). The Morgan fingerprint density at radius 1 is 1.29 bits per heavy atom. The Bertz CT molecular complexity index is 227. The van der Waals surface area contributed by atoms with E-state index in [9.17, 15) is 4.79 Å². The van der Waals surface area contributed by atoms with Crippen molar-refractivity contribution < 1.29 is 4.79 Å². The van der Waals surface area contributed by atoms with Gasteiger partial charge in [-0.3, -0.25) is 9.69 Å². The molecule has 0 radical (unpaired) electrons. The second kappa shape index (κ2) is 7.67. The van der Waals surface area contributed by atoms with E-state index in [4.69, 9.17) is 0 Å². The molecule has 0 bridgehead atoms. The zero-order chi connectivity index (χ0) is 12.7. The minimum absolute atomic E-state index is 0.157. The molecule has 17 heavy (non-hydrogen) atoms. The average molecular weight is 241 g/mol. The van der Waals surface area contributed by atoms with Crippen molar-refractivity contribution in [1.82, 2.24) is 15.5 Å². The van der Waals surface area contributed by atoms with Gasteiger partial charge in [0.2, 0.25) is 5.91 Å². The minimum atomic E-state index is 0.157. The van der Waals surface area contributed by atoms with E-state index in [1.807, 2.05) is 6.92 Å². The lowest BCUT2D eigenvalue weighted by molar-refractivity contribution is -0.121. The quantitative estimate of drug-likeness (QED) is 0.698. The van der Waals surface area contributed by atoms with E-state index in [-0.39, 0.29) is 11.9 Å². The van der Waals surface area contributed by atoms with Crippen LogP contribution >= 0.6 is 0 Å². The van der Waals surface area contributed by atoms with Crippen LogP contribution in [0, 0.1) is 0 Å². The summed E-state index contributed by atoms with van der Waals surface area (Å²) >= 11 is 0. The monoisotopic (exact) mass is 241 g/mol. The van der Waals surface area contributed by atoms with Gasteiger partial charge in [0.25, 0.3) is 0 Å². The maximum Gasteiger partial charge on any atom is 0.221 e. The normalized spacial score (nSPS) is 20.2. The van der Waals surface area contributed by atoms with E-state index in [2.05, 4.69) is 29.4 Å². The van der Waals surface area contributed by atoms with Gasteiger partial charge in [0, 0.05) is 25.0 Å². The molecule has 2 N–H and O–H groups in total. The Morgan fingerprint density at radius 3 is 2.53 bits per heavy atom. The summed E-state index contributed by atoms with van der Waals surface area (Å²) in [5, 5.41) is 6.28. The summed E-state index contributed by atoms with van der Waals surface area (Å²) in [6.07, 6.45) is 3.17. The SMILES string of the molecule is CCNC(C)CC(=O)NCC(C)N1CCCC1. The summed E-state index contributed by atoms with van der Waals surface area (Å²) in [6.45, 7) is 10.4. The summed E-state index contributed by atoms with van der Waals surface area (Å²) in [5.74, 6) is 0.157. The van der Waals surface area contributed by atoms with E-state index in [0.29, 0.717) is 12.5 Å². The summed E-state index contributed by atoms with van der Waals surface area (Å²) < 4.78 is 0. The largest absolute Gasteiger partial charge is 0.354 e. The molecule has 4 heteroatoms. The molecule has 100 valence electrons. The van der Waals surface area contributed by atoms with Crippen molar-refractivity contribution in [3.05, 3.63) is 0 Å². The van der Waals surface area contributed by atoms with E-state index < -0.39 is 0 Å². The lowest BCUT2D eigenvalue weighted by atomic mass is 10.2. The van der Waals surface area contributed by atoms with Crippen molar-refractivity contribution in [3.8, 4) is 0 Å². The lowest BCUT2D eigenvalue weighted by Crippen LogP contribution is -2.42. The molecule has 1 aliphatic heterocycles. The fourth-order valence-corrected chi connectivity index (χ4v) is 2.34. The minimum Gasteiger partial charge on any atom is -0.354 e. The van der Waals surface area contributed by atoms with Crippen LogP contribution < -0.4 is 10.6 Å². The Balaban J connectivity index is 2.14. The maximum absolute atomic E-state index is 11.7. The van der Waals surface area contributed by atoms with Crippen molar-refractivity contribution in [3.63, 3.8) is 0 Å². The van der Waals surface area contributed by atoms with Crippen LogP contribution in [0.15, 0.2) is 0 Å². The van der Waals surface area contributed by atoms with Gasteiger partial charge in [-0.25, -0.2) is 0 Å². The van der Waals surface area contributed by atoms with Gasteiger partial charge in [0.1, 0.15) is 0 Å². The first-order valence-electron chi connectivity index (χ1n) is 6.87. The van der Waals surface area contributed by atoms with Crippen LogP contribution in [0.1, 0.15) is 40.0 Å². The molecule has 2 atom stereocenters. The molecule has 0 aromatic rings. The van der Waals surface area contributed by atoms with Gasteiger partial charge in [-0.15, -0.1) is 0 Å². The van der Waals surface area contributed by atoms with Crippen LogP contribution in [-0.2, 0) is 4.79 Å². The van der Waals surface area contributed by atoms with Crippen molar-refractivity contribution in [1.29, 1.82) is 0 Å². The summed E-state index contributed by atoms with van der Waals surface area (Å²) in [7, 11) is 0. The van der Waals surface area contributed by atoms with Crippen LogP contribution in [0.2, 0.25) is 0 Å². The van der Waals surface area contributed by atoms with E-state index in [0.717, 1.165) is 13.1 Å². The van der Waals surface area contributed by atoms with Crippen LogP contribution in [0.5, 0.6) is 0 Å². The molecule has 0 aliphatic carbocycles. The number of hydrogen-bond acceptors (Lipinski definition) is 3. The van der Waals surface area contributed by atoms with Gasteiger partial charge in [0.05, 0.1) is 0 Å². The fraction of sp³-hybridized carbons (Fsp3) is 0.923. The average Bonchev–Trinajstić information content (AvgIpc) is 2.79. The van der Waals surface area contributed by atoms with Crippen LogP contribution in [-0.4, -0.2) is 49.1 Å².